The van der Waals surface area contributed by atoms with Crippen molar-refractivity contribution in [1.82, 2.24) is 0 Å². The molecular weight excluding hydrogens is 300 g/mol. The van der Waals surface area contributed by atoms with E-state index in [1.165, 1.54) is 0 Å². The van der Waals surface area contributed by atoms with E-state index in [1.54, 1.807) is 12.1 Å². The van der Waals surface area contributed by atoms with Crippen molar-refractivity contribution in [1.29, 1.82) is 0 Å². The molecule has 0 aliphatic heterocycles. The van der Waals surface area contributed by atoms with Crippen molar-refractivity contribution < 1.29 is 9.00 Å². The Balaban J connectivity index is 2.70. The van der Waals surface area contributed by atoms with Crippen molar-refractivity contribution in [3.05, 3.63) is 34.3 Å². The smallest absolute Gasteiger partial charge is 0.175 e. The number of rotatable bonds is 5. The first kappa shape index (κ1) is 14.6. The van der Waals surface area contributed by atoms with E-state index >= 15 is 0 Å². The Labute approximate surface area is 113 Å². The molecule has 4 heteroatoms. The summed E-state index contributed by atoms with van der Waals surface area (Å²) < 4.78 is 12.8. The highest BCUT2D eigenvalue weighted by molar-refractivity contribution is 9.10. The lowest BCUT2D eigenvalue weighted by Gasteiger charge is -2.14. The molecule has 0 aliphatic rings. The van der Waals surface area contributed by atoms with Crippen LogP contribution in [-0.4, -0.2) is 21.0 Å². The van der Waals surface area contributed by atoms with Crippen LogP contribution < -0.4 is 0 Å². The molecular formula is C13H17BrO2S. The van der Waals surface area contributed by atoms with Crippen LogP contribution in [0.25, 0.3) is 0 Å². The van der Waals surface area contributed by atoms with Crippen molar-refractivity contribution in [3.8, 4) is 0 Å². The Bertz CT molecular complexity index is 429. The van der Waals surface area contributed by atoms with Gasteiger partial charge >= 0.3 is 0 Å². The summed E-state index contributed by atoms with van der Waals surface area (Å²) in [5.41, 5.74) is 0.615. The first-order valence-electron chi connectivity index (χ1n) is 5.57. The van der Waals surface area contributed by atoms with Gasteiger partial charge in [0.05, 0.1) is 5.75 Å². The quantitative estimate of drug-likeness (QED) is 0.780. The summed E-state index contributed by atoms with van der Waals surface area (Å²) in [5.74, 6) is 0.374. The summed E-state index contributed by atoms with van der Waals surface area (Å²) in [6.45, 7) is 5.97. The van der Waals surface area contributed by atoms with Gasteiger partial charge in [-0.25, -0.2) is 0 Å². The van der Waals surface area contributed by atoms with Gasteiger partial charge in [0.1, 0.15) is 0 Å². The van der Waals surface area contributed by atoms with E-state index < -0.39 is 10.8 Å². The molecule has 0 aliphatic carbocycles. The zero-order chi connectivity index (χ0) is 13.0. The highest BCUT2D eigenvalue weighted by Gasteiger charge is 2.18. The number of Topliss-reactive ketones (excluding diaryl/α,β-unsaturated/α-hetero) is 1. The predicted molar refractivity (Wildman–Crippen MR) is 75.8 cm³/mol. The van der Waals surface area contributed by atoms with Gasteiger partial charge in [-0.2, -0.15) is 0 Å². The van der Waals surface area contributed by atoms with Crippen LogP contribution in [0.1, 0.15) is 31.1 Å². The second kappa shape index (κ2) is 6.45. The number of hydrogen-bond donors (Lipinski definition) is 0. The molecule has 1 rings (SSSR count). The largest absolute Gasteiger partial charge is 0.293 e. The number of ketones is 1. The van der Waals surface area contributed by atoms with E-state index in [2.05, 4.69) is 15.9 Å². The van der Waals surface area contributed by atoms with Gasteiger partial charge in [-0.3, -0.25) is 9.00 Å². The van der Waals surface area contributed by atoms with E-state index in [0.717, 1.165) is 4.47 Å². The molecule has 2 unspecified atom stereocenters. The van der Waals surface area contributed by atoms with Crippen LogP contribution in [0.2, 0.25) is 0 Å². The summed E-state index contributed by atoms with van der Waals surface area (Å²) in [4.78, 5) is 11.9. The molecule has 2 nitrogen and oxygen atoms in total. The molecule has 2 atom stereocenters. The maximum absolute atomic E-state index is 11.9. The molecule has 0 radical (unpaired) electrons. The van der Waals surface area contributed by atoms with Gasteiger partial charge in [0.25, 0.3) is 0 Å². The third-order valence-electron chi connectivity index (χ3n) is 2.77. The molecule has 0 saturated carbocycles. The van der Waals surface area contributed by atoms with E-state index in [0.29, 0.717) is 11.5 Å². The lowest BCUT2D eigenvalue weighted by molar-refractivity contribution is 0.102. The average Bonchev–Trinajstić information content (AvgIpc) is 2.27. The van der Waals surface area contributed by atoms with E-state index in [-0.39, 0.29) is 16.8 Å². The molecule has 0 saturated heterocycles. The van der Waals surface area contributed by atoms with Crippen LogP contribution in [-0.2, 0) is 10.8 Å². The summed E-state index contributed by atoms with van der Waals surface area (Å²) >= 11 is 3.32. The normalized spacial score (nSPS) is 14.6. The Morgan fingerprint density at radius 2 is 2.00 bits per heavy atom. The molecule has 94 valence electrons. The summed E-state index contributed by atoms with van der Waals surface area (Å²) in [6.07, 6.45) is 0. The molecule has 1 aromatic rings. The zero-order valence-corrected chi connectivity index (χ0v) is 12.7. The molecule has 0 N–H and O–H groups in total. The van der Waals surface area contributed by atoms with Crippen LogP contribution in [0.15, 0.2) is 28.7 Å². The maximum atomic E-state index is 11.9. The Morgan fingerprint density at radius 1 is 1.35 bits per heavy atom. The molecule has 0 amide bonds. The topological polar surface area (TPSA) is 34.1 Å². The van der Waals surface area contributed by atoms with E-state index in [9.17, 15) is 9.00 Å². The number of carbonyl (C=O) groups excluding carboxylic acids is 1. The number of carbonyl (C=O) groups is 1. The van der Waals surface area contributed by atoms with Gasteiger partial charge in [-0.05, 0) is 18.1 Å². The minimum absolute atomic E-state index is 0.0473. The third kappa shape index (κ3) is 4.36. The van der Waals surface area contributed by atoms with Crippen LogP contribution in [0.5, 0.6) is 0 Å². The molecule has 0 heterocycles. The predicted octanol–water partition coefficient (Wildman–Crippen LogP) is 3.43. The highest BCUT2D eigenvalue weighted by atomic mass is 79.9. The maximum Gasteiger partial charge on any atom is 0.175 e. The minimum atomic E-state index is -1.10. The number of halogens is 1. The fourth-order valence-corrected chi connectivity index (χ4v) is 3.00. The zero-order valence-electron chi connectivity index (χ0n) is 10.3. The molecule has 17 heavy (non-hydrogen) atoms. The van der Waals surface area contributed by atoms with Gasteiger partial charge in [0.2, 0.25) is 0 Å². The van der Waals surface area contributed by atoms with E-state index in [1.807, 2.05) is 32.9 Å². The van der Waals surface area contributed by atoms with Crippen molar-refractivity contribution in [3.63, 3.8) is 0 Å². The third-order valence-corrected chi connectivity index (χ3v) is 5.19. The Hall–Kier alpha value is -0.480. The lowest BCUT2D eigenvalue weighted by Crippen LogP contribution is -2.24. The van der Waals surface area contributed by atoms with Crippen LogP contribution in [0.4, 0.5) is 0 Å². The van der Waals surface area contributed by atoms with Crippen molar-refractivity contribution in [2.45, 2.75) is 26.0 Å². The second-order valence-corrected chi connectivity index (χ2v) is 7.12. The monoisotopic (exact) mass is 316 g/mol. The standard InChI is InChI=1S/C13H17BrO2S/c1-9(2)10(3)17(16)8-13(15)11-5-4-6-12(14)7-11/h4-7,9-10H,8H2,1-3H3. The fourth-order valence-electron chi connectivity index (χ4n) is 1.31. The fraction of sp³-hybridized carbons (Fsp3) is 0.462. The lowest BCUT2D eigenvalue weighted by atomic mass is 10.1. The Morgan fingerprint density at radius 3 is 2.53 bits per heavy atom. The van der Waals surface area contributed by atoms with Gasteiger partial charge in [-0.15, -0.1) is 0 Å². The van der Waals surface area contributed by atoms with Crippen LogP contribution >= 0.6 is 15.9 Å². The molecule has 0 spiro atoms. The van der Waals surface area contributed by atoms with Gasteiger partial charge in [0.15, 0.2) is 5.78 Å². The first-order chi connectivity index (χ1) is 7.91. The molecule has 0 bridgehead atoms. The summed E-state index contributed by atoms with van der Waals surface area (Å²) in [5, 5.41) is 0.0473. The van der Waals surface area contributed by atoms with Crippen molar-refractivity contribution >= 4 is 32.5 Å². The molecule has 0 fully saturated rings. The minimum Gasteiger partial charge on any atom is -0.293 e. The van der Waals surface area contributed by atoms with Crippen molar-refractivity contribution in [2.75, 3.05) is 5.75 Å². The van der Waals surface area contributed by atoms with Gasteiger partial charge < -0.3 is 0 Å². The number of hydrogen-bond acceptors (Lipinski definition) is 2. The molecule has 1 aromatic carbocycles. The Kier molecular flexibility index (Phi) is 5.53. The SMILES string of the molecule is CC(C)C(C)S(=O)CC(=O)c1cccc(Br)c1. The molecule has 0 aromatic heterocycles. The highest BCUT2D eigenvalue weighted by Crippen LogP contribution is 2.14. The van der Waals surface area contributed by atoms with E-state index in [4.69, 9.17) is 0 Å². The van der Waals surface area contributed by atoms with Crippen LogP contribution in [0, 0.1) is 5.92 Å². The average molecular weight is 317 g/mol. The van der Waals surface area contributed by atoms with Crippen molar-refractivity contribution in [2.24, 2.45) is 5.92 Å². The second-order valence-electron chi connectivity index (χ2n) is 4.41. The van der Waals surface area contributed by atoms with Gasteiger partial charge in [-0.1, -0.05) is 48.8 Å². The van der Waals surface area contributed by atoms with Crippen LogP contribution in [0.3, 0.4) is 0 Å². The van der Waals surface area contributed by atoms with Gasteiger partial charge in [0, 0.05) is 26.1 Å². The first-order valence-corrected chi connectivity index (χ1v) is 7.75. The number of benzene rings is 1. The summed E-state index contributed by atoms with van der Waals surface area (Å²) in [6, 6.07) is 7.19. The summed E-state index contributed by atoms with van der Waals surface area (Å²) in [7, 11) is -1.10.